The second kappa shape index (κ2) is 4.60. The van der Waals surface area contributed by atoms with Crippen LogP contribution in [0.5, 0.6) is 0 Å². The average molecular weight is 236 g/mol. The number of carbonyl (C=O) groups excluding carboxylic acids is 1. The molecule has 3 N–H and O–H groups in total. The molecule has 4 aliphatic carbocycles. The topological polar surface area (TPSA) is 55.1 Å². The minimum atomic E-state index is -0.00573. The summed E-state index contributed by atoms with van der Waals surface area (Å²) in [7, 11) is 0. The van der Waals surface area contributed by atoms with Gasteiger partial charge in [-0.25, -0.2) is 5.84 Å². The molecule has 0 unspecified atom stereocenters. The highest BCUT2D eigenvalue weighted by Crippen LogP contribution is 2.57. The summed E-state index contributed by atoms with van der Waals surface area (Å²) in [6, 6.07) is 0. The van der Waals surface area contributed by atoms with E-state index in [1.807, 2.05) is 0 Å². The van der Waals surface area contributed by atoms with Gasteiger partial charge < -0.3 is 0 Å². The number of amides is 1. The monoisotopic (exact) mass is 236 g/mol. The molecule has 17 heavy (non-hydrogen) atoms. The van der Waals surface area contributed by atoms with E-state index in [1.165, 1.54) is 38.5 Å². The molecule has 4 bridgehead atoms. The molecule has 4 rings (SSSR count). The highest BCUT2D eigenvalue weighted by Gasteiger charge is 2.47. The Kier molecular flexibility index (Phi) is 3.12. The predicted octanol–water partition coefficient (Wildman–Crippen LogP) is 2.22. The zero-order chi connectivity index (χ0) is 11.8. The molecule has 0 radical (unpaired) electrons. The summed E-state index contributed by atoms with van der Waals surface area (Å²) in [5.41, 5.74) is 2.23. The van der Waals surface area contributed by atoms with Crippen molar-refractivity contribution >= 4 is 5.91 Å². The van der Waals surface area contributed by atoms with Crippen LogP contribution in [0.3, 0.4) is 0 Å². The van der Waals surface area contributed by atoms with Crippen molar-refractivity contribution in [3.63, 3.8) is 0 Å². The summed E-state index contributed by atoms with van der Waals surface area (Å²) in [6.45, 7) is 0. The molecular weight excluding hydrogens is 212 g/mol. The number of hydrogen-bond acceptors (Lipinski definition) is 2. The Labute approximate surface area is 103 Å². The van der Waals surface area contributed by atoms with E-state index in [2.05, 4.69) is 5.43 Å². The van der Waals surface area contributed by atoms with Crippen LogP contribution in [-0.4, -0.2) is 5.91 Å². The van der Waals surface area contributed by atoms with Gasteiger partial charge in [-0.1, -0.05) is 0 Å². The molecule has 0 aliphatic heterocycles. The number of hydrazine groups is 1. The van der Waals surface area contributed by atoms with E-state index in [-0.39, 0.29) is 5.91 Å². The van der Waals surface area contributed by atoms with Gasteiger partial charge in [-0.15, -0.1) is 0 Å². The number of nitrogens with two attached hydrogens (primary N) is 1. The van der Waals surface area contributed by atoms with Crippen molar-refractivity contribution in [1.29, 1.82) is 0 Å². The van der Waals surface area contributed by atoms with Crippen molar-refractivity contribution in [1.82, 2.24) is 5.43 Å². The molecule has 0 heterocycles. The molecule has 3 heteroatoms. The molecule has 4 saturated carbocycles. The lowest BCUT2D eigenvalue weighted by Gasteiger charge is -2.54. The smallest absolute Gasteiger partial charge is 0.233 e. The van der Waals surface area contributed by atoms with E-state index in [0.29, 0.717) is 6.42 Å². The first-order chi connectivity index (χ1) is 8.26. The Morgan fingerprint density at radius 3 is 2.18 bits per heavy atom. The fourth-order valence-corrected chi connectivity index (χ4v) is 5.08. The van der Waals surface area contributed by atoms with Gasteiger partial charge in [0.1, 0.15) is 0 Å². The normalized spacial score (nSPS) is 42.8. The van der Waals surface area contributed by atoms with Gasteiger partial charge in [0.2, 0.25) is 5.91 Å². The van der Waals surface area contributed by atoms with Crippen LogP contribution in [-0.2, 0) is 4.79 Å². The maximum absolute atomic E-state index is 11.1. The van der Waals surface area contributed by atoms with E-state index < -0.39 is 0 Å². The number of rotatable bonds is 4. The van der Waals surface area contributed by atoms with Crippen LogP contribution in [0.2, 0.25) is 0 Å². The van der Waals surface area contributed by atoms with Crippen LogP contribution < -0.4 is 11.3 Å². The van der Waals surface area contributed by atoms with Crippen molar-refractivity contribution < 1.29 is 4.79 Å². The summed E-state index contributed by atoms with van der Waals surface area (Å²) < 4.78 is 0. The average Bonchev–Trinajstić information content (AvgIpc) is 2.31. The van der Waals surface area contributed by atoms with Gasteiger partial charge in [-0.05, 0) is 74.5 Å². The molecule has 4 fully saturated rings. The minimum Gasteiger partial charge on any atom is -0.294 e. The van der Waals surface area contributed by atoms with Gasteiger partial charge in [0.15, 0.2) is 0 Å². The molecule has 0 atom stereocenters. The van der Waals surface area contributed by atoms with Gasteiger partial charge in [0.25, 0.3) is 0 Å². The molecule has 0 spiro atoms. The van der Waals surface area contributed by atoms with E-state index in [4.69, 9.17) is 5.84 Å². The van der Waals surface area contributed by atoms with Crippen molar-refractivity contribution in [2.24, 2.45) is 35.4 Å². The first-order valence-corrected chi connectivity index (χ1v) is 7.25. The lowest BCUT2D eigenvalue weighted by molar-refractivity contribution is -0.121. The van der Waals surface area contributed by atoms with Crippen molar-refractivity contribution in [2.45, 2.75) is 51.4 Å². The Bertz CT molecular complexity index is 275. The van der Waals surface area contributed by atoms with Crippen LogP contribution in [0.4, 0.5) is 0 Å². The van der Waals surface area contributed by atoms with Crippen LogP contribution in [0.15, 0.2) is 0 Å². The largest absolute Gasteiger partial charge is 0.294 e. The first-order valence-electron chi connectivity index (χ1n) is 7.25. The molecule has 3 nitrogen and oxygen atoms in total. The Morgan fingerprint density at radius 1 is 1.06 bits per heavy atom. The van der Waals surface area contributed by atoms with Crippen molar-refractivity contribution in [3.05, 3.63) is 0 Å². The number of hydrogen-bond donors (Lipinski definition) is 2. The molecule has 1 amide bonds. The zero-order valence-electron chi connectivity index (χ0n) is 10.5. The fraction of sp³-hybridized carbons (Fsp3) is 0.929. The fourth-order valence-electron chi connectivity index (χ4n) is 5.08. The van der Waals surface area contributed by atoms with Crippen LogP contribution in [0.25, 0.3) is 0 Å². The Hall–Kier alpha value is -0.570. The summed E-state index contributed by atoms with van der Waals surface area (Å²) >= 11 is 0. The number of carbonyl (C=O) groups is 1. The van der Waals surface area contributed by atoms with Crippen molar-refractivity contribution in [2.75, 3.05) is 0 Å². The quantitative estimate of drug-likeness (QED) is 0.447. The van der Waals surface area contributed by atoms with E-state index in [1.54, 1.807) is 0 Å². The van der Waals surface area contributed by atoms with Gasteiger partial charge in [0, 0.05) is 6.42 Å². The van der Waals surface area contributed by atoms with Gasteiger partial charge in [0.05, 0.1) is 0 Å². The molecular formula is C14H24N2O. The lowest BCUT2D eigenvalue weighted by atomic mass is 9.51. The SMILES string of the molecule is NNC(=O)CCCC1C2CC3CC(C2)CC1C3. The van der Waals surface area contributed by atoms with Crippen LogP contribution >= 0.6 is 0 Å². The molecule has 0 saturated heterocycles. The van der Waals surface area contributed by atoms with Gasteiger partial charge in [-0.3, -0.25) is 10.2 Å². The van der Waals surface area contributed by atoms with E-state index in [9.17, 15) is 4.79 Å². The summed E-state index contributed by atoms with van der Waals surface area (Å²) in [5.74, 6) is 10.1. The van der Waals surface area contributed by atoms with Crippen molar-refractivity contribution in [3.8, 4) is 0 Å². The summed E-state index contributed by atoms with van der Waals surface area (Å²) in [4.78, 5) is 11.1. The highest BCUT2D eigenvalue weighted by atomic mass is 16.2. The second-order valence-electron chi connectivity index (χ2n) is 6.55. The maximum atomic E-state index is 11.1. The number of nitrogens with one attached hydrogen (secondary N) is 1. The summed E-state index contributed by atoms with van der Waals surface area (Å²) in [6.07, 6.45) is 10.4. The third kappa shape index (κ3) is 2.22. The molecule has 96 valence electrons. The summed E-state index contributed by atoms with van der Waals surface area (Å²) in [5, 5.41) is 0. The predicted molar refractivity (Wildman–Crippen MR) is 66.7 cm³/mol. The molecule has 0 aromatic heterocycles. The first kappa shape index (κ1) is 11.5. The third-order valence-corrected chi connectivity index (χ3v) is 5.52. The molecule has 0 aromatic carbocycles. The van der Waals surface area contributed by atoms with Crippen LogP contribution in [0.1, 0.15) is 51.4 Å². The van der Waals surface area contributed by atoms with Gasteiger partial charge >= 0.3 is 0 Å². The maximum Gasteiger partial charge on any atom is 0.233 e. The van der Waals surface area contributed by atoms with Crippen LogP contribution in [0, 0.1) is 29.6 Å². The highest BCUT2D eigenvalue weighted by molar-refractivity contribution is 5.75. The van der Waals surface area contributed by atoms with Gasteiger partial charge in [-0.2, -0.15) is 0 Å². The molecule has 4 aliphatic rings. The Morgan fingerprint density at radius 2 is 1.65 bits per heavy atom. The minimum absolute atomic E-state index is 0.00573. The molecule has 0 aromatic rings. The lowest BCUT2D eigenvalue weighted by Crippen LogP contribution is -2.45. The Balaban J connectivity index is 1.52. The standard InChI is InChI=1S/C14H24N2O/c15-16-14(17)3-1-2-13-11-5-9-4-10(7-11)8-12(13)6-9/h9-13H,1-8,15H2,(H,16,17). The zero-order valence-corrected chi connectivity index (χ0v) is 10.5. The second-order valence-corrected chi connectivity index (χ2v) is 6.55. The third-order valence-electron chi connectivity index (χ3n) is 5.52. The van der Waals surface area contributed by atoms with E-state index in [0.717, 1.165) is 36.0 Å². The van der Waals surface area contributed by atoms with E-state index >= 15 is 0 Å².